The SMILES string of the molecule is O=C1C2C3c4ccccc4C(c4ccccc43)C2C(=O)N1N=Cc1ccc(OCc2cccc3ccccc23)cc1. The molecule has 5 aromatic rings. The summed E-state index contributed by atoms with van der Waals surface area (Å²) in [7, 11) is 0. The highest BCUT2D eigenvalue weighted by molar-refractivity contribution is 6.08. The van der Waals surface area contributed by atoms with Crippen LogP contribution in [-0.4, -0.2) is 23.0 Å². The summed E-state index contributed by atoms with van der Waals surface area (Å²) in [5.74, 6) is -0.824. The summed E-state index contributed by atoms with van der Waals surface area (Å²) in [6, 6.07) is 38.5. The lowest BCUT2D eigenvalue weighted by Gasteiger charge is -2.45. The van der Waals surface area contributed by atoms with E-state index in [1.54, 1.807) is 6.21 Å². The van der Waals surface area contributed by atoms with Gasteiger partial charge in [-0.3, -0.25) is 9.59 Å². The molecule has 1 heterocycles. The normalized spacial score (nSPS) is 22.2. The van der Waals surface area contributed by atoms with Gasteiger partial charge in [-0.2, -0.15) is 10.1 Å². The van der Waals surface area contributed by atoms with Gasteiger partial charge >= 0.3 is 0 Å². The topological polar surface area (TPSA) is 59.0 Å². The minimum Gasteiger partial charge on any atom is -0.489 e. The van der Waals surface area contributed by atoms with Gasteiger partial charge in [0, 0.05) is 11.8 Å². The molecule has 0 saturated carbocycles. The van der Waals surface area contributed by atoms with Crippen LogP contribution < -0.4 is 4.74 Å². The number of hydrazone groups is 1. The molecule has 2 amide bonds. The van der Waals surface area contributed by atoms with Crippen molar-refractivity contribution in [2.24, 2.45) is 16.9 Å². The van der Waals surface area contributed by atoms with E-state index in [2.05, 4.69) is 53.6 Å². The van der Waals surface area contributed by atoms with Gasteiger partial charge in [0.25, 0.3) is 11.8 Å². The van der Waals surface area contributed by atoms with Crippen molar-refractivity contribution in [3.63, 3.8) is 0 Å². The first-order valence-electron chi connectivity index (χ1n) is 14.0. The van der Waals surface area contributed by atoms with Crippen molar-refractivity contribution < 1.29 is 14.3 Å². The van der Waals surface area contributed by atoms with Crippen LogP contribution in [-0.2, 0) is 16.2 Å². The molecule has 5 nitrogen and oxygen atoms in total. The lowest BCUT2D eigenvalue weighted by Crippen LogP contribution is -2.41. The van der Waals surface area contributed by atoms with Crippen LogP contribution >= 0.6 is 0 Å². The van der Waals surface area contributed by atoms with Crippen molar-refractivity contribution in [3.05, 3.63) is 149 Å². The Bertz CT molecular complexity index is 1760. The molecular formula is C36H26N2O3. The fourth-order valence-corrected chi connectivity index (χ4v) is 7.13. The average Bonchev–Trinajstić information content (AvgIpc) is 3.28. The van der Waals surface area contributed by atoms with E-state index in [0.717, 1.165) is 44.1 Å². The molecule has 9 rings (SSSR count). The van der Waals surface area contributed by atoms with Crippen LogP contribution in [0, 0.1) is 11.8 Å². The smallest absolute Gasteiger partial charge is 0.254 e. The Morgan fingerprint density at radius 1 is 0.634 bits per heavy atom. The quantitative estimate of drug-likeness (QED) is 0.188. The van der Waals surface area contributed by atoms with Gasteiger partial charge in [-0.15, -0.1) is 0 Å². The fraction of sp³-hybridized carbons (Fsp3) is 0.139. The van der Waals surface area contributed by atoms with E-state index in [4.69, 9.17) is 4.74 Å². The molecule has 0 spiro atoms. The number of hydrogen-bond donors (Lipinski definition) is 0. The first kappa shape index (κ1) is 23.8. The second-order valence-electron chi connectivity index (χ2n) is 11.0. The number of hydrogen-bond acceptors (Lipinski definition) is 4. The highest BCUT2D eigenvalue weighted by Crippen LogP contribution is 2.60. The Morgan fingerprint density at radius 3 is 1.78 bits per heavy atom. The van der Waals surface area contributed by atoms with E-state index in [-0.39, 0.29) is 23.7 Å². The van der Waals surface area contributed by atoms with E-state index in [9.17, 15) is 9.59 Å². The molecule has 1 saturated heterocycles. The van der Waals surface area contributed by atoms with Crippen molar-refractivity contribution in [1.82, 2.24) is 5.01 Å². The van der Waals surface area contributed by atoms with E-state index >= 15 is 0 Å². The minimum absolute atomic E-state index is 0.132. The number of imide groups is 1. The van der Waals surface area contributed by atoms with Crippen LogP contribution in [0.15, 0.2) is 120 Å². The first-order valence-corrected chi connectivity index (χ1v) is 14.0. The van der Waals surface area contributed by atoms with Gasteiger partial charge in [0.1, 0.15) is 12.4 Å². The van der Waals surface area contributed by atoms with Crippen LogP contribution in [0.4, 0.5) is 0 Å². The molecule has 1 fully saturated rings. The minimum atomic E-state index is -0.431. The fourth-order valence-electron chi connectivity index (χ4n) is 7.13. The largest absolute Gasteiger partial charge is 0.489 e. The summed E-state index contributed by atoms with van der Waals surface area (Å²) >= 11 is 0. The molecule has 41 heavy (non-hydrogen) atoms. The van der Waals surface area contributed by atoms with Gasteiger partial charge in [-0.1, -0.05) is 91.0 Å². The number of fused-ring (bicyclic) bond motifs is 1. The number of benzene rings is 5. The lowest BCUT2D eigenvalue weighted by molar-refractivity contribution is -0.139. The van der Waals surface area contributed by atoms with Crippen LogP contribution in [0.1, 0.15) is 45.2 Å². The molecule has 2 unspecified atom stereocenters. The zero-order valence-corrected chi connectivity index (χ0v) is 22.2. The van der Waals surface area contributed by atoms with Crippen LogP contribution in [0.5, 0.6) is 5.75 Å². The summed E-state index contributed by atoms with van der Waals surface area (Å²) in [6.07, 6.45) is 1.59. The zero-order valence-electron chi connectivity index (χ0n) is 22.2. The average molecular weight is 535 g/mol. The summed E-state index contributed by atoms with van der Waals surface area (Å²) < 4.78 is 6.06. The maximum absolute atomic E-state index is 13.7. The Kier molecular flexibility index (Phi) is 5.39. The Hall–Kier alpha value is -5.03. The molecule has 4 aliphatic rings. The van der Waals surface area contributed by atoms with Gasteiger partial charge in [0.2, 0.25) is 0 Å². The van der Waals surface area contributed by atoms with Crippen molar-refractivity contribution >= 4 is 28.8 Å². The lowest BCUT2D eigenvalue weighted by atomic mass is 9.55. The standard InChI is InChI=1S/C36H26N2O3/c39-35-33-31-27-12-3-4-13-28(27)32(30-15-6-5-14-29(30)31)34(33)36(40)38(35)37-20-22-16-18-25(19-17-22)41-21-24-10-7-9-23-8-1-2-11-26(23)24/h1-20,31-34H,21H2. The molecule has 3 aliphatic carbocycles. The predicted octanol–water partition coefficient (Wildman–Crippen LogP) is 6.64. The molecule has 2 atom stereocenters. The molecule has 0 radical (unpaired) electrons. The number of carbonyl (C=O) groups is 2. The number of amides is 2. The van der Waals surface area contributed by atoms with Gasteiger partial charge in [0.05, 0.1) is 18.1 Å². The molecular weight excluding hydrogens is 508 g/mol. The molecule has 5 aromatic carbocycles. The highest BCUT2D eigenvalue weighted by atomic mass is 16.5. The van der Waals surface area contributed by atoms with Gasteiger partial charge in [0.15, 0.2) is 0 Å². The van der Waals surface area contributed by atoms with Crippen molar-refractivity contribution in [2.45, 2.75) is 18.4 Å². The number of rotatable bonds is 5. The highest BCUT2D eigenvalue weighted by Gasteiger charge is 2.61. The monoisotopic (exact) mass is 534 g/mol. The van der Waals surface area contributed by atoms with Gasteiger partial charge in [-0.25, -0.2) is 0 Å². The third-order valence-corrected chi connectivity index (χ3v) is 8.90. The third kappa shape index (κ3) is 3.66. The molecule has 198 valence electrons. The van der Waals surface area contributed by atoms with Gasteiger partial charge < -0.3 is 4.74 Å². The maximum Gasteiger partial charge on any atom is 0.254 e. The number of nitrogens with zero attached hydrogens (tertiary/aromatic N) is 2. The third-order valence-electron chi connectivity index (χ3n) is 8.90. The molecule has 2 bridgehead atoms. The van der Waals surface area contributed by atoms with Crippen LogP contribution in [0.2, 0.25) is 0 Å². The molecule has 0 N–H and O–H groups in total. The Labute approximate surface area is 237 Å². The molecule has 0 aromatic heterocycles. The second kappa shape index (κ2) is 9.27. The number of ether oxygens (including phenoxy) is 1. The summed E-state index contributed by atoms with van der Waals surface area (Å²) in [5.41, 5.74) is 6.53. The maximum atomic E-state index is 13.7. The zero-order chi connectivity index (χ0) is 27.5. The van der Waals surface area contributed by atoms with E-state index < -0.39 is 11.8 Å². The van der Waals surface area contributed by atoms with Crippen molar-refractivity contribution in [2.75, 3.05) is 0 Å². The van der Waals surface area contributed by atoms with Gasteiger partial charge in [-0.05, 0) is 68.4 Å². The van der Waals surface area contributed by atoms with Crippen LogP contribution in [0.25, 0.3) is 10.8 Å². The number of carbonyl (C=O) groups excluding carboxylic acids is 2. The van der Waals surface area contributed by atoms with Crippen molar-refractivity contribution in [3.8, 4) is 5.75 Å². The second-order valence-corrected chi connectivity index (χ2v) is 11.0. The first-order chi connectivity index (χ1) is 20.2. The van der Waals surface area contributed by atoms with E-state index in [0.29, 0.717) is 6.61 Å². The van der Waals surface area contributed by atoms with E-state index in [1.165, 1.54) is 10.8 Å². The summed E-state index contributed by atoms with van der Waals surface area (Å²) in [5, 5.41) is 7.90. The predicted molar refractivity (Wildman–Crippen MR) is 158 cm³/mol. The summed E-state index contributed by atoms with van der Waals surface area (Å²) in [6.45, 7) is 0.460. The van der Waals surface area contributed by atoms with Crippen molar-refractivity contribution in [1.29, 1.82) is 0 Å². The van der Waals surface area contributed by atoms with Crippen LogP contribution in [0.3, 0.4) is 0 Å². The Morgan fingerprint density at radius 2 is 1.17 bits per heavy atom. The molecule has 5 heteroatoms. The van der Waals surface area contributed by atoms with E-state index in [1.807, 2.05) is 66.7 Å². The summed E-state index contributed by atoms with van der Waals surface area (Å²) in [4.78, 5) is 27.4. The Balaban J connectivity index is 1.02. The molecule has 1 aliphatic heterocycles.